The summed E-state index contributed by atoms with van der Waals surface area (Å²) in [5.74, 6) is 0. The third-order valence-corrected chi connectivity index (χ3v) is 22.8. The summed E-state index contributed by atoms with van der Waals surface area (Å²) in [5, 5.41) is 0. The summed E-state index contributed by atoms with van der Waals surface area (Å²) in [6.45, 7) is 0. The van der Waals surface area contributed by atoms with Crippen molar-refractivity contribution >= 4 is 33.9 Å². The third kappa shape index (κ3) is 3.28. The van der Waals surface area contributed by atoms with Crippen LogP contribution in [0.5, 0.6) is 0 Å². The van der Waals surface area contributed by atoms with Gasteiger partial charge in [-0.25, -0.2) is 0 Å². The number of carbonyl (C=O) groups excluding carboxylic acids is 1. The predicted octanol–water partition coefficient (Wildman–Crippen LogP) is 3.58. The van der Waals surface area contributed by atoms with Gasteiger partial charge in [-0.1, -0.05) is 0 Å². The fourth-order valence-corrected chi connectivity index (χ4v) is 21.1. The van der Waals surface area contributed by atoms with Crippen molar-refractivity contribution in [2.24, 2.45) is 0 Å². The molecule has 0 saturated heterocycles. The maximum atomic E-state index is 14.2. The first kappa shape index (κ1) is 17.9. The molecule has 1 nitrogen and oxygen atoms in total. The van der Waals surface area contributed by atoms with E-state index in [2.05, 4.69) is 36.4 Å². The van der Waals surface area contributed by atoms with E-state index in [1.54, 1.807) is 0 Å². The molecule has 0 aromatic heterocycles. The van der Waals surface area contributed by atoms with Gasteiger partial charge in [0.05, 0.1) is 0 Å². The van der Waals surface area contributed by atoms with Crippen molar-refractivity contribution in [3.05, 3.63) is 127 Å². The predicted molar refractivity (Wildman–Crippen MR) is 115 cm³/mol. The molecule has 0 bridgehead atoms. The summed E-state index contributed by atoms with van der Waals surface area (Å²) in [6, 6.07) is 41.0. The van der Waals surface area contributed by atoms with Gasteiger partial charge < -0.3 is 0 Å². The Morgan fingerprint density at radius 1 is 0.444 bits per heavy atom. The Hall–Kier alpha value is -2.53. The summed E-state index contributed by atoms with van der Waals surface area (Å²) < 4.78 is 3.87. The number of benzene rings is 4. The molecule has 2 heteroatoms. The summed E-state index contributed by atoms with van der Waals surface area (Å²) >= 11 is -4.11. The molecule has 0 spiro atoms. The molecule has 0 atom stereocenters. The van der Waals surface area contributed by atoms with Crippen molar-refractivity contribution < 1.29 is 4.79 Å². The van der Waals surface area contributed by atoms with E-state index in [4.69, 9.17) is 0 Å². The van der Waals surface area contributed by atoms with Crippen LogP contribution in [0.4, 0.5) is 0 Å². The molecule has 0 fully saturated rings. The van der Waals surface area contributed by atoms with E-state index < -0.39 is 21.2 Å². The summed E-state index contributed by atoms with van der Waals surface area (Å²) in [6.07, 6.45) is 0. The molecule has 4 aromatic rings. The number of hydrogen-bond donors (Lipinski definition) is 0. The monoisotopic (exact) mass is 544 g/mol. The molecule has 0 amide bonds. The molecule has 130 valence electrons. The third-order valence-electron chi connectivity index (χ3n) is 5.00. The quantitative estimate of drug-likeness (QED) is 0.352. The number of carbonyl (C=O) groups is 1. The molecule has 0 aliphatic rings. The SMILES string of the molecule is O=[C](c1ccccc1)[Pb]([c]1ccccc1)([c]1ccccc1)[c]1ccccc1. The molecule has 0 unspecified atom stereocenters. The Morgan fingerprint density at radius 3 is 1.07 bits per heavy atom. The second-order valence-corrected chi connectivity index (χ2v) is 20.9. The molecular formula is C25H20OPb. The topological polar surface area (TPSA) is 17.1 Å². The minimum atomic E-state index is -4.11. The van der Waals surface area contributed by atoms with Crippen LogP contribution in [0.2, 0.25) is 0 Å². The van der Waals surface area contributed by atoms with Gasteiger partial charge in [-0.3, -0.25) is 0 Å². The van der Waals surface area contributed by atoms with E-state index in [1.165, 1.54) is 9.37 Å². The van der Waals surface area contributed by atoms with E-state index in [0.29, 0.717) is 3.34 Å². The first-order valence-corrected chi connectivity index (χ1v) is 16.9. The Balaban J connectivity index is 2.08. The molecule has 4 rings (SSSR count). The molecule has 4 aromatic carbocycles. The molecule has 0 aliphatic carbocycles. The summed E-state index contributed by atoms with van der Waals surface area (Å²) in [7, 11) is 0. The van der Waals surface area contributed by atoms with Crippen LogP contribution >= 0.6 is 0 Å². The van der Waals surface area contributed by atoms with Gasteiger partial charge in [0, 0.05) is 0 Å². The van der Waals surface area contributed by atoms with Crippen LogP contribution in [-0.2, 0) is 0 Å². The van der Waals surface area contributed by atoms with Gasteiger partial charge in [0.2, 0.25) is 0 Å². The first-order chi connectivity index (χ1) is 13.3. The standard InChI is InChI=1S/C7H5O.3C6H5.Pb/c8-6-7-4-2-1-3-5-7;3*1-2-4-6-5-3-1;/h1-5H;3*1-5H;. The van der Waals surface area contributed by atoms with E-state index in [0.717, 1.165) is 5.56 Å². The average Bonchev–Trinajstić information content (AvgIpc) is 2.77. The molecule has 0 aliphatic heterocycles. The van der Waals surface area contributed by atoms with Gasteiger partial charge in [-0.05, 0) is 0 Å². The summed E-state index contributed by atoms with van der Waals surface area (Å²) in [4.78, 5) is 14.2. The zero-order valence-corrected chi connectivity index (χ0v) is 18.8. The van der Waals surface area contributed by atoms with E-state index >= 15 is 0 Å². The van der Waals surface area contributed by atoms with Crippen molar-refractivity contribution in [2.45, 2.75) is 0 Å². The molecule has 0 heterocycles. The molecule has 27 heavy (non-hydrogen) atoms. The molecule has 0 saturated carbocycles. The molecular weight excluding hydrogens is 523 g/mol. The first-order valence-electron chi connectivity index (χ1n) is 9.10. The van der Waals surface area contributed by atoms with Gasteiger partial charge in [-0.2, -0.15) is 0 Å². The van der Waals surface area contributed by atoms with E-state index in [9.17, 15) is 4.79 Å². The Bertz CT molecular complexity index is 916. The van der Waals surface area contributed by atoms with Gasteiger partial charge in [-0.15, -0.1) is 0 Å². The van der Waals surface area contributed by atoms with Crippen LogP contribution in [0.1, 0.15) is 10.4 Å². The summed E-state index contributed by atoms with van der Waals surface area (Å²) in [5.41, 5.74) is 0.802. The van der Waals surface area contributed by atoms with Crippen molar-refractivity contribution in [2.75, 3.05) is 0 Å². The van der Waals surface area contributed by atoms with Crippen LogP contribution in [0.25, 0.3) is 0 Å². The Morgan fingerprint density at radius 2 is 0.741 bits per heavy atom. The van der Waals surface area contributed by atoms with Crippen molar-refractivity contribution in [3.63, 3.8) is 0 Å². The number of rotatable bonds is 5. The van der Waals surface area contributed by atoms with Crippen molar-refractivity contribution in [1.82, 2.24) is 0 Å². The van der Waals surface area contributed by atoms with E-state index in [1.807, 2.05) is 84.9 Å². The molecule has 0 N–H and O–H groups in total. The normalized spacial score (nSPS) is 11.1. The van der Waals surface area contributed by atoms with Crippen LogP contribution < -0.4 is 9.37 Å². The van der Waals surface area contributed by atoms with Crippen LogP contribution in [0.3, 0.4) is 0 Å². The Kier molecular flexibility index (Phi) is 5.30. The number of hydrogen-bond acceptors (Lipinski definition) is 1. The van der Waals surface area contributed by atoms with Gasteiger partial charge in [0.1, 0.15) is 0 Å². The second kappa shape index (κ2) is 8.01. The zero-order valence-electron chi connectivity index (χ0n) is 15.0. The second-order valence-electron chi connectivity index (χ2n) is 6.54. The van der Waals surface area contributed by atoms with Gasteiger partial charge >= 0.3 is 166 Å². The fourth-order valence-electron chi connectivity index (χ4n) is 3.76. The maximum absolute atomic E-state index is 14.2. The zero-order chi connectivity index (χ0) is 18.5. The van der Waals surface area contributed by atoms with Gasteiger partial charge in [0.25, 0.3) is 0 Å². The van der Waals surface area contributed by atoms with Gasteiger partial charge in [0.15, 0.2) is 0 Å². The van der Waals surface area contributed by atoms with Crippen molar-refractivity contribution in [1.29, 1.82) is 0 Å². The average molecular weight is 544 g/mol. The van der Waals surface area contributed by atoms with Crippen LogP contribution in [0.15, 0.2) is 121 Å². The molecule has 0 radical (unpaired) electrons. The van der Waals surface area contributed by atoms with Crippen LogP contribution in [0, 0.1) is 0 Å². The van der Waals surface area contributed by atoms with Crippen molar-refractivity contribution in [3.8, 4) is 0 Å². The fraction of sp³-hybridized carbons (Fsp3) is 0. The van der Waals surface area contributed by atoms with E-state index in [-0.39, 0.29) is 0 Å². The van der Waals surface area contributed by atoms with Crippen LogP contribution in [-0.4, -0.2) is 24.5 Å². The minimum absolute atomic E-state index is 0.298. The Labute approximate surface area is 165 Å².